The minimum absolute atomic E-state index is 0.0558. The van der Waals surface area contributed by atoms with Crippen molar-refractivity contribution in [2.45, 2.75) is 46.2 Å². The number of aromatic nitrogens is 2. The van der Waals surface area contributed by atoms with Gasteiger partial charge in [0.25, 0.3) is 5.91 Å². The zero-order valence-corrected chi connectivity index (χ0v) is 17.5. The van der Waals surface area contributed by atoms with Gasteiger partial charge in [0.15, 0.2) is 0 Å². The van der Waals surface area contributed by atoms with Gasteiger partial charge in [-0.1, -0.05) is 62.4 Å². The van der Waals surface area contributed by atoms with E-state index < -0.39 is 0 Å². The molecule has 0 saturated carbocycles. The molecule has 0 bridgehead atoms. The van der Waals surface area contributed by atoms with Crippen LogP contribution in [0, 0.1) is 0 Å². The van der Waals surface area contributed by atoms with Crippen molar-refractivity contribution in [1.82, 2.24) is 14.9 Å². The number of rotatable bonds is 7. The molecule has 0 spiro atoms. The van der Waals surface area contributed by atoms with Gasteiger partial charge in [0.05, 0.1) is 12.4 Å². The highest BCUT2D eigenvalue weighted by atomic mass is 16.2. The standard InChI is InChI=1S/C24H28N4O/c1-17(2)20-12-8-9-13-21(20)27-23-15-25-22(14-26-23)24(29)28(18(3)4)16-19-10-6-5-7-11-19/h5-15,17-18H,16H2,1-4H3,(H,26,27). The van der Waals surface area contributed by atoms with E-state index in [2.05, 4.69) is 35.2 Å². The van der Waals surface area contributed by atoms with Crippen LogP contribution in [0.15, 0.2) is 67.0 Å². The van der Waals surface area contributed by atoms with Gasteiger partial charge < -0.3 is 10.2 Å². The summed E-state index contributed by atoms with van der Waals surface area (Å²) in [6.07, 6.45) is 3.16. The summed E-state index contributed by atoms with van der Waals surface area (Å²) in [4.78, 5) is 23.6. The normalized spacial score (nSPS) is 11.0. The molecular weight excluding hydrogens is 360 g/mol. The monoisotopic (exact) mass is 388 g/mol. The first kappa shape index (κ1) is 20.5. The van der Waals surface area contributed by atoms with Gasteiger partial charge in [-0.25, -0.2) is 9.97 Å². The number of hydrogen-bond donors (Lipinski definition) is 1. The maximum atomic E-state index is 13.0. The number of carbonyl (C=O) groups excluding carboxylic acids is 1. The molecule has 2 aromatic carbocycles. The van der Waals surface area contributed by atoms with Crippen molar-refractivity contribution in [3.05, 3.63) is 83.8 Å². The minimum atomic E-state index is -0.120. The first-order valence-corrected chi connectivity index (χ1v) is 9.98. The Hall–Kier alpha value is -3.21. The fraction of sp³-hybridized carbons (Fsp3) is 0.292. The Kier molecular flexibility index (Phi) is 6.60. The van der Waals surface area contributed by atoms with Crippen molar-refractivity contribution in [1.29, 1.82) is 0 Å². The molecular formula is C24H28N4O. The number of anilines is 2. The van der Waals surface area contributed by atoms with Crippen LogP contribution in [-0.4, -0.2) is 26.8 Å². The van der Waals surface area contributed by atoms with Crippen molar-refractivity contribution in [2.24, 2.45) is 0 Å². The van der Waals surface area contributed by atoms with Gasteiger partial charge in [0.2, 0.25) is 0 Å². The van der Waals surface area contributed by atoms with Crippen LogP contribution < -0.4 is 5.32 Å². The lowest BCUT2D eigenvalue weighted by atomic mass is 10.0. The maximum Gasteiger partial charge on any atom is 0.274 e. The molecule has 0 atom stereocenters. The summed E-state index contributed by atoms with van der Waals surface area (Å²) in [5, 5.41) is 3.31. The average Bonchev–Trinajstić information content (AvgIpc) is 2.73. The van der Waals surface area contributed by atoms with Gasteiger partial charge in [-0.3, -0.25) is 4.79 Å². The summed E-state index contributed by atoms with van der Waals surface area (Å²) in [5.41, 5.74) is 3.65. The van der Waals surface area contributed by atoms with Gasteiger partial charge in [-0.05, 0) is 37.0 Å². The van der Waals surface area contributed by atoms with E-state index in [1.165, 1.54) is 5.56 Å². The topological polar surface area (TPSA) is 58.1 Å². The first-order chi connectivity index (χ1) is 14.0. The number of amides is 1. The number of nitrogens with zero attached hydrogens (tertiary/aromatic N) is 3. The van der Waals surface area contributed by atoms with Crippen LogP contribution in [-0.2, 0) is 6.54 Å². The van der Waals surface area contributed by atoms with E-state index in [1.807, 2.05) is 62.4 Å². The lowest BCUT2D eigenvalue weighted by Gasteiger charge is -2.26. The Morgan fingerprint density at radius 1 is 0.931 bits per heavy atom. The molecule has 1 N–H and O–H groups in total. The number of carbonyl (C=O) groups is 1. The third-order valence-electron chi connectivity index (χ3n) is 4.80. The molecule has 150 valence electrons. The van der Waals surface area contributed by atoms with E-state index in [0.717, 1.165) is 11.3 Å². The Morgan fingerprint density at radius 2 is 1.62 bits per heavy atom. The quantitative estimate of drug-likeness (QED) is 0.589. The molecule has 5 heteroatoms. The van der Waals surface area contributed by atoms with Crippen molar-refractivity contribution < 1.29 is 4.79 Å². The molecule has 1 heterocycles. The summed E-state index contributed by atoms with van der Waals surface area (Å²) in [6.45, 7) is 8.86. The van der Waals surface area contributed by atoms with Crippen LogP contribution in [0.1, 0.15) is 55.2 Å². The molecule has 0 fully saturated rings. The van der Waals surface area contributed by atoms with Crippen LogP contribution in [0.4, 0.5) is 11.5 Å². The fourth-order valence-electron chi connectivity index (χ4n) is 3.17. The fourth-order valence-corrected chi connectivity index (χ4v) is 3.17. The molecule has 0 aliphatic carbocycles. The molecule has 1 amide bonds. The average molecular weight is 389 g/mol. The van der Waals surface area contributed by atoms with Crippen molar-refractivity contribution in [2.75, 3.05) is 5.32 Å². The number of para-hydroxylation sites is 1. The second kappa shape index (κ2) is 9.32. The molecule has 0 aliphatic rings. The predicted octanol–water partition coefficient (Wildman–Crippen LogP) is 5.39. The molecule has 0 saturated heterocycles. The van der Waals surface area contributed by atoms with Crippen LogP contribution in [0.5, 0.6) is 0 Å². The molecule has 29 heavy (non-hydrogen) atoms. The molecule has 3 aromatic rings. The molecule has 1 aromatic heterocycles. The van der Waals surface area contributed by atoms with Gasteiger partial charge in [-0.15, -0.1) is 0 Å². The lowest BCUT2D eigenvalue weighted by Crippen LogP contribution is -2.36. The summed E-state index contributed by atoms with van der Waals surface area (Å²) in [7, 11) is 0. The SMILES string of the molecule is CC(C)c1ccccc1Nc1cnc(C(=O)N(Cc2ccccc2)C(C)C)cn1. The van der Waals surface area contributed by atoms with Gasteiger partial charge in [0.1, 0.15) is 11.5 Å². The van der Waals surface area contributed by atoms with E-state index >= 15 is 0 Å². The molecule has 3 rings (SSSR count). The Morgan fingerprint density at radius 3 is 2.24 bits per heavy atom. The predicted molar refractivity (Wildman–Crippen MR) is 117 cm³/mol. The second-order valence-electron chi connectivity index (χ2n) is 7.67. The van der Waals surface area contributed by atoms with E-state index in [0.29, 0.717) is 24.0 Å². The van der Waals surface area contributed by atoms with Gasteiger partial charge >= 0.3 is 0 Å². The largest absolute Gasteiger partial charge is 0.339 e. The van der Waals surface area contributed by atoms with Crippen LogP contribution in [0.3, 0.4) is 0 Å². The third-order valence-corrected chi connectivity index (χ3v) is 4.80. The Labute approximate surface area is 172 Å². The Bertz CT molecular complexity index is 937. The lowest BCUT2D eigenvalue weighted by molar-refractivity contribution is 0.0684. The van der Waals surface area contributed by atoms with Crippen LogP contribution in [0.25, 0.3) is 0 Å². The highest BCUT2D eigenvalue weighted by Gasteiger charge is 2.20. The second-order valence-corrected chi connectivity index (χ2v) is 7.67. The van der Waals surface area contributed by atoms with E-state index in [-0.39, 0.29) is 11.9 Å². The smallest absolute Gasteiger partial charge is 0.274 e. The van der Waals surface area contributed by atoms with Gasteiger partial charge in [0, 0.05) is 18.3 Å². The van der Waals surface area contributed by atoms with Crippen molar-refractivity contribution >= 4 is 17.4 Å². The number of benzene rings is 2. The van der Waals surface area contributed by atoms with Crippen LogP contribution >= 0.6 is 0 Å². The minimum Gasteiger partial charge on any atom is -0.339 e. The Balaban J connectivity index is 1.75. The number of nitrogens with one attached hydrogen (secondary N) is 1. The zero-order chi connectivity index (χ0) is 20.8. The van der Waals surface area contributed by atoms with E-state index in [1.54, 1.807) is 17.3 Å². The highest BCUT2D eigenvalue weighted by molar-refractivity contribution is 5.92. The van der Waals surface area contributed by atoms with E-state index in [9.17, 15) is 4.79 Å². The summed E-state index contributed by atoms with van der Waals surface area (Å²) in [5.74, 6) is 0.893. The van der Waals surface area contributed by atoms with Crippen molar-refractivity contribution in [3.63, 3.8) is 0 Å². The highest BCUT2D eigenvalue weighted by Crippen LogP contribution is 2.26. The van der Waals surface area contributed by atoms with Crippen LogP contribution in [0.2, 0.25) is 0 Å². The molecule has 0 aliphatic heterocycles. The summed E-state index contributed by atoms with van der Waals surface area (Å²) >= 11 is 0. The summed E-state index contributed by atoms with van der Waals surface area (Å²) in [6, 6.07) is 18.2. The first-order valence-electron chi connectivity index (χ1n) is 9.98. The third kappa shape index (κ3) is 5.19. The zero-order valence-electron chi connectivity index (χ0n) is 17.5. The van der Waals surface area contributed by atoms with Gasteiger partial charge in [-0.2, -0.15) is 0 Å². The van der Waals surface area contributed by atoms with E-state index in [4.69, 9.17) is 0 Å². The summed E-state index contributed by atoms with van der Waals surface area (Å²) < 4.78 is 0. The molecule has 0 unspecified atom stereocenters. The van der Waals surface area contributed by atoms with Crippen molar-refractivity contribution in [3.8, 4) is 0 Å². The maximum absolute atomic E-state index is 13.0. The molecule has 5 nitrogen and oxygen atoms in total. The number of hydrogen-bond acceptors (Lipinski definition) is 4. The molecule has 0 radical (unpaired) electrons.